The molecule has 0 aliphatic carbocycles. The molecule has 8 aromatic rings. The molecule has 4 amide bonds. The van der Waals surface area contributed by atoms with Crippen molar-refractivity contribution in [3.63, 3.8) is 0 Å². The van der Waals surface area contributed by atoms with Crippen LogP contribution in [0.15, 0.2) is 116 Å². The smallest absolute Gasteiger partial charge is 0.407 e. The largest absolute Gasteiger partial charge is 0.444 e. The number of aromatic nitrogens is 5. The number of hydrogen-bond acceptors (Lipinski definition) is 8. The number of aromatic amines is 2. The molecule has 0 atom stereocenters. The number of benzene rings is 3. The Balaban J connectivity index is 0.000000208. The summed E-state index contributed by atoms with van der Waals surface area (Å²) in [7, 11) is 0. The van der Waals surface area contributed by atoms with E-state index in [9.17, 15) is 28.0 Å². The zero-order chi connectivity index (χ0) is 50.0. The van der Waals surface area contributed by atoms with Crippen LogP contribution in [0.2, 0.25) is 10.0 Å². The number of pyridine rings is 3. The predicted molar refractivity (Wildman–Crippen MR) is 264 cm³/mol. The van der Waals surface area contributed by atoms with Crippen LogP contribution in [0.1, 0.15) is 93.2 Å². The van der Waals surface area contributed by atoms with Crippen LogP contribution in [0, 0.1) is 11.6 Å². The van der Waals surface area contributed by atoms with Gasteiger partial charge in [0.05, 0.1) is 33.2 Å². The number of ether oxygens (including phenoxy) is 1. The Morgan fingerprint density at radius 2 is 1.33 bits per heavy atom. The van der Waals surface area contributed by atoms with Crippen molar-refractivity contribution in [2.45, 2.75) is 72.3 Å². The Labute approximate surface area is 412 Å². The van der Waals surface area contributed by atoms with Crippen molar-refractivity contribution >= 4 is 68.8 Å². The summed E-state index contributed by atoms with van der Waals surface area (Å²) in [5, 5.41) is 12.7. The van der Waals surface area contributed by atoms with E-state index in [0.717, 1.165) is 27.9 Å². The zero-order valence-electron chi connectivity index (χ0n) is 38.6. The third kappa shape index (κ3) is 13.7. The van der Waals surface area contributed by atoms with Gasteiger partial charge >= 0.3 is 6.09 Å². The normalized spacial score (nSPS) is 11.1. The summed E-state index contributed by atoms with van der Waals surface area (Å²) in [5.41, 5.74) is 7.33. The molecular formula is C52H49Cl2F2N9O5. The van der Waals surface area contributed by atoms with Gasteiger partial charge < -0.3 is 36.0 Å². The highest BCUT2D eigenvalue weighted by Gasteiger charge is 2.17. The summed E-state index contributed by atoms with van der Waals surface area (Å²) in [4.78, 5) is 66.9. The standard InChI is InChI=1S/C27H27ClFN5O3.C25H22ClFN4O2/c1-27(2,3)37-26(36)34-14-20-5-4-16(11-31-20)6-17-7-19(12-30-10-17)25(35)33-13-18-8-21-22(28)15-32-24(21)9-23(18)29;1-15(32)29-12-17-4-2-16(3-5-17)10-20-11-18(8-9-28-20)25(33)31-13-19-6-7-22-23(24(19)27)21(26)14-30-22/h4-5,7-12,15,32H,6,13-14H2,1-3H3,(H,33,35)(H,34,36);2-9,11,14,30H,10,12-13H2,1H3,(H,29,32)(H,31,33). The lowest BCUT2D eigenvalue weighted by Crippen LogP contribution is -2.32. The zero-order valence-corrected chi connectivity index (χ0v) is 40.1. The number of carbonyl (C=O) groups excluding carboxylic acids is 4. The number of halogens is 4. The molecule has 5 aromatic heterocycles. The number of nitrogens with zero attached hydrogens (tertiary/aromatic N) is 3. The van der Waals surface area contributed by atoms with Gasteiger partial charge in [-0.3, -0.25) is 29.3 Å². The lowest BCUT2D eigenvalue weighted by atomic mass is 10.1. The molecule has 0 fully saturated rings. The maximum Gasteiger partial charge on any atom is 0.407 e. The first-order valence-electron chi connectivity index (χ1n) is 22.0. The molecule has 0 aliphatic rings. The Hall–Kier alpha value is -7.69. The molecule has 0 saturated heterocycles. The third-order valence-electron chi connectivity index (χ3n) is 10.7. The van der Waals surface area contributed by atoms with Gasteiger partial charge in [-0.05, 0) is 85.5 Å². The third-order valence-corrected chi connectivity index (χ3v) is 11.3. The van der Waals surface area contributed by atoms with Crippen LogP contribution in [0.3, 0.4) is 0 Å². The van der Waals surface area contributed by atoms with Gasteiger partial charge in [-0.2, -0.15) is 0 Å². The lowest BCUT2D eigenvalue weighted by Gasteiger charge is -2.19. The number of alkyl carbamates (subject to hydrolysis) is 1. The SMILES string of the molecule is CC(=O)NCc1ccc(Cc2cc(C(=O)NCc3ccc4[nH]cc(Cl)c4c3F)ccn2)cc1.CC(C)(C)OC(=O)NCc1ccc(Cc2cncc(C(=O)NCc3cc4c(Cl)c[nH]c4cc3F)c2)cn1. The van der Waals surface area contributed by atoms with E-state index >= 15 is 0 Å². The number of H-pyrrole nitrogens is 2. The number of rotatable bonds is 14. The van der Waals surface area contributed by atoms with Crippen LogP contribution in [0.5, 0.6) is 0 Å². The van der Waals surface area contributed by atoms with Crippen LogP contribution >= 0.6 is 23.2 Å². The average molecular weight is 989 g/mol. The van der Waals surface area contributed by atoms with Gasteiger partial charge in [0, 0.05) is 115 Å². The van der Waals surface area contributed by atoms with E-state index in [2.05, 4.69) is 46.2 Å². The molecule has 6 N–H and O–H groups in total. The number of fused-ring (bicyclic) bond motifs is 2. The van der Waals surface area contributed by atoms with Crippen molar-refractivity contribution in [1.82, 2.24) is 46.2 Å². The van der Waals surface area contributed by atoms with Crippen LogP contribution in [-0.2, 0) is 48.6 Å². The first kappa shape index (κ1) is 50.2. The van der Waals surface area contributed by atoms with E-state index in [-0.39, 0.29) is 37.4 Å². The fraction of sp³-hybridized carbons (Fsp3) is 0.212. The number of carbonyl (C=O) groups is 4. The van der Waals surface area contributed by atoms with Crippen molar-refractivity contribution in [3.8, 4) is 0 Å². The van der Waals surface area contributed by atoms with E-state index < -0.39 is 23.3 Å². The molecule has 3 aromatic carbocycles. The van der Waals surface area contributed by atoms with E-state index in [1.54, 1.807) is 82.0 Å². The Kier molecular flexibility index (Phi) is 16.2. The molecule has 14 nitrogen and oxygen atoms in total. The molecule has 0 radical (unpaired) electrons. The van der Waals surface area contributed by atoms with Gasteiger partial charge in [-0.25, -0.2) is 13.6 Å². The molecule has 0 unspecified atom stereocenters. The summed E-state index contributed by atoms with van der Waals surface area (Å²) in [6, 6.07) is 23.0. The minimum absolute atomic E-state index is 0.00898. The van der Waals surface area contributed by atoms with Crippen LogP contribution in [0.25, 0.3) is 21.8 Å². The molecule has 0 bridgehead atoms. The molecule has 0 saturated carbocycles. The van der Waals surface area contributed by atoms with Crippen molar-refractivity contribution in [2.75, 3.05) is 0 Å². The van der Waals surface area contributed by atoms with Gasteiger partial charge in [0.15, 0.2) is 0 Å². The van der Waals surface area contributed by atoms with Gasteiger partial charge in [0.1, 0.15) is 17.2 Å². The first-order chi connectivity index (χ1) is 33.5. The summed E-state index contributed by atoms with van der Waals surface area (Å²) >= 11 is 12.2. The lowest BCUT2D eigenvalue weighted by molar-refractivity contribution is -0.119. The van der Waals surface area contributed by atoms with Gasteiger partial charge in [0.25, 0.3) is 11.8 Å². The van der Waals surface area contributed by atoms with Crippen molar-refractivity contribution in [3.05, 3.63) is 194 Å². The average Bonchev–Trinajstić information content (AvgIpc) is 3.90. The van der Waals surface area contributed by atoms with Crippen molar-refractivity contribution in [2.24, 2.45) is 0 Å². The van der Waals surface area contributed by atoms with Crippen LogP contribution in [-0.4, -0.2) is 54.3 Å². The van der Waals surface area contributed by atoms with Gasteiger partial charge in [-0.15, -0.1) is 0 Å². The Morgan fingerprint density at radius 1 is 0.629 bits per heavy atom. The highest BCUT2D eigenvalue weighted by molar-refractivity contribution is 6.36. The van der Waals surface area contributed by atoms with E-state index in [1.165, 1.54) is 25.4 Å². The van der Waals surface area contributed by atoms with E-state index in [1.807, 2.05) is 36.4 Å². The summed E-state index contributed by atoms with van der Waals surface area (Å²) in [6.07, 6.45) is 10.1. The quantitative estimate of drug-likeness (QED) is 0.0619. The molecule has 18 heteroatoms. The molecular weight excluding hydrogens is 940 g/mol. The van der Waals surface area contributed by atoms with Crippen LogP contribution in [0.4, 0.5) is 13.6 Å². The van der Waals surface area contributed by atoms with Crippen LogP contribution < -0.4 is 21.3 Å². The molecule has 5 heterocycles. The fourth-order valence-corrected chi connectivity index (χ4v) is 7.63. The fourth-order valence-electron chi connectivity index (χ4n) is 7.18. The Bertz CT molecular complexity index is 3170. The predicted octanol–water partition coefficient (Wildman–Crippen LogP) is 9.81. The van der Waals surface area contributed by atoms with Crippen molar-refractivity contribution < 1.29 is 32.7 Å². The minimum Gasteiger partial charge on any atom is -0.444 e. The number of hydrogen-bond donors (Lipinski definition) is 6. The van der Waals surface area contributed by atoms with Gasteiger partial charge in [0.2, 0.25) is 5.91 Å². The van der Waals surface area contributed by atoms with Gasteiger partial charge in [-0.1, -0.05) is 59.6 Å². The Morgan fingerprint density at radius 3 is 2.06 bits per heavy atom. The molecule has 8 rings (SSSR count). The number of amides is 4. The summed E-state index contributed by atoms with van der Waals surface area (Å²) < 4.78 is 34.4. The molecule has 0 aliphatic heterocycles. The summed E-state index contributed by atoms with van der Waals surface area (Å²) in [6.45, 7) is 7.65. The second-order valence-electron chi connectivity index (χ2n) is 17.3. The molecule has 70 heavy (non-hydrogen) atoms. The summed E-state index contributed by atoms with van der Waals surface area (Å²) in [5.74, 6) is -1.64. The molecule has 0 spiro atoms. The van der Waals surface area contributed by atoms with E-state index in [4.69, 9.17) is 27.9 Å². The topological polar surface area (TPSA) is 196 Å². The second kappa shape index (κ2) is 22.6. The maximum atomic E-state index is 14.8. The first-order valence-corrected chi connectivity index (χ1v) is 22.8. The van der Waals surface area contributed by atoms with Crippen molar-refractivity contribution in [1.29, 1.82) is 0 Å². The number of nitrogens with one attached hydrogen (secondary N) is 6. The molecule has 360 valence electrons. The monoisotopic (exact) mass is 987 g/mol. The minimum atomic E-state index is -0.567. The highest BCUT2D eigenvalue weighted by atomic mass is 35.5. The maximum absolute atomic E-state index is 14.8. The van der Waals surface area contributed by atoms with E-state index in [0.29, 0.717) is 79.2 Å². The highest BCUT2D eigenvalue weighted by Crippen LogP contribution is 2.28. The second-order valence-corrected chi connectivity index (χ2v) is 18.1.